The van der Waals surface area contributed by atoms with Crippen LogP contribution in [0, 0.1) is 11.7 Å². The minimum Gasteiger partial charge on any atom is -0.478 e. The summed E-state index contributed by atoms with van der Waals surface area (Å²) >= 11 is 6.27. The number of aromatic carboxylic acids is 1. The number of carboxylic acid groups (broad SMARTS) is 1. The van der Waals surface area contributed by atoms with Gasteiger partial charge < -0.3 is 10.4 Å². The number of hydrogen-bond acceptors (Lipinski definition) is 2. The number of anilines is 1. The number of allylic oxidation sites excluding steroid dienone is 2. The van der Waals surface area contributed by atoms with Gasteiger partial charge in [-0.15, -0.1) is 0 Å². The minimum atomic E-state index is -0.949. The molecule has 0 radical (unpaired) electrons. The van der Waals surface area contributed by atoms with E-state index in [2.05, 4.69) is 17.5 Å². The van der Waals surface area contributed by atoms with Crippen molar-refractivity contribution in [2.24, 2.45) is 5.92 Å². The molecule has 1 aliphatic carbocycles. The normalized spacial score (nSPS) is 24.2. The number of carbonyl (C=O) groups is 1. The molecule has 3 nitrogen and oxygen atoms in total. The second-order valence-corrected chi connectivity index (χ2v) is 6.63. The first-order valence-corrected chi connectivity index (χ1v) is 8.18. The van der Waals surface area contributed by atoms with Gasteiger partial charge in [0.25, 0.3) is 0 Å². The Labute approximate surface area is 143 Å². The molecule has 5 heteroatoms. The van der Waals surface area contributed by atoms with Crippen LogP contribution < -0.4 is 5.32 Å². The fraction of sp³-hybridized carbons (Fsp3) is 0.211. The molecule has 4 rings (SSSR count). The van der Waals surface area contributed by atoms with Crippen LogP contribution >= 0.6 is 11.6 Å². The van der Waals surface area contributed by atoms with Crippen molar-refractivity contribution in [3.63, 3.8) is 0 Å². The van der Waals surface area contributed by atoms with Crippen molar-refractivity contribution < 1.29 is 14.3 Å². The molecular weight excluding hydrogens is 329 g/mol. The van der Waals surface area contributed by atoms with Gasteiger partial charge >= 0.3 is 5.97 Å². The molecule has 0 aromatic heterocycles. The topological polar surface area (TPSA) is 49.3 Å². The van der Waals surface area contributed by atoms with Crippen molar-refractivity contribution in [1.82, 2.24) is 0 Å². The van der Waals surface area contributed by atoms with E-state index in [1.54, 1.807) is 30.3 Å². The van der Waals surface area contributed by atoms with Crippen molar-refractivity contribution in [3.05, 3.63) is 76.1 Å². The van der Waals surface area contributed by atoms with E-state index in [0.29, 0.717) is 10.6 Å². The van der Waals surface area contributed by atoms with Crippen molar-refractivity contribution in [3.8, 4) is 0 Å². The van der Waals surface area contributed by atoms with Crippen LogP contribution in [-0.4, -0.2) is 11.1 Å². The molecule has 2 aromatic rings. The average Bonchev–Trinajstić information content (AvgIpc) is 3.04. The van der Waals surface area contributed by atoms with E-state index in [4.69, 9.17) is 11.6 Å². The molecule has 2 N–H and O–H groups in total. The van der Waals surface area contributed by atoms with Gasteiger partial charge in [0.05, 0.1) is 11.6 Å². The van der Waals surface area contributed by atoms with E-state index in [1.807, 2.05) is 0 Å². The Kier molecular flexibility index (Phi) is 3.57. The van der Waals surface area contributed by atoms with Crippen LogP contribution in [0.5, 0.6) is 0 Å². The van der Waals surface area contributed by atoms with E-state index >= 15 is 0 Å². The molecule has 0 saturated heterocycles. The predicted molar refractivity (Wildman–Crippen MR) is 91.2 cm³/mol. The highest BCUT2D eigenvalue weighted by atomic mass is 35.5. The molecule has 0 saturated carbocycles. The molecule has 1 aliphatic heterocycles. The fourth-order valence-corrected chi connectivity index (χ4v) is 4.10. The zero-order chi connectivity index (χ0) is 16.8. The summed E-state index contributed by atoms with van der Waals surface area (Å²) in [5, 5.41) is 13.0. The van der Waals surface area contributed by atoms with Gasteiger partial charge in [-0.1, -0.05) is 29.8 Å². The summed E-state index contributed by atoms with van der Waals surface area (Å²) in [5.74, 6) is -1.11. The van der Waals surface area contributed by atoms with Gasteiger partial charge in [0, 0.05) is 22.2 Å². The monoisotopic (exact) mass is 343 g/mol. The SMILES string of the molecule is O=C(O)c1ccc2c(c1)[C@H]1C=CC[C@H]1[C@H](c1c(F)cccc1Cl)N2. The Hall–Kier alpha value is -2.33. The molecule has 0 amide bonds. The Balaban J connectivity index is 1.83. The van der Waals surface area contributed by atoms with Crippen molar-refractivity contribution in [2.45, 2.75) is 18.4 Å². The van der Waals surface area contributed by atoms with Gasteiger partial charge in [-0.05, 0) is 48.2 Å². The lowest BCUT2D eigenvalue weighted by Crippen LogP contribution is -2.30. The van der Waals surface area contributed by atoms with Gasteiger partial charge in [0.2, 0.25) is 0 Å². The van der Waals surface area contributed by atoms with Crippen LogP contribution in [0.1, 0.15) is 39.9 Å². The summed E-state index contributed by atoms with van der Waals surface area (Å²) in [6.45, 7) is 0. The van der Waals surface area contributed by atoms with Gasteiger partial charge in [-0.2, -0.15) is 0 Å². The Morgan fingerprint density at radius 3 is 2.88 bits per heavy atom. The lowest BCUT2D eigenvalue weighted by atomic mass is 9.76. The highest BCUT2D eigenvalue weighted by molar-refractivity contribution is 6.31. The molecule has 0 fully saturated rings. The maximum atomic E-state index is 14.4. The fourth-order valence-electron chi connectivity index (χ4n) is 3.82. The predicted octanol–water partition coefficient (Wildman–Crippen LogP) is 5.00. The number of carboxylic acids is 1. The summed E-state index contributed by atoms with van der Waals surface area (Å²) in [5.41, 5.74) is 2.51. The Bertz CT molecular complexity index is 844. The van der Waals surface area contributed by atoms with Crippen LogP contribution in [0.2, 0.25) is 5.02 Å². The molecule has 0 unspecified atom stereocenters. The molecule has 0 bridgehead atoms. The summed E-state index contributed by atoms with van der Waals surface area (Å²) in [6, 6.07) is 9.49. The van der Waals surface area contributed by atoms with E-state index in [0.717, 1.165) is 17.7 Å². The maximum absolute atomic E-state index is 14.4. The third kappa shape index (κ3) is 2.29. The minimum absolute atomic E-state index is 0.0567. The van der Waals surface area contributed by atoms with Crippen molar-refractivity contribution >= 4 is 23.3 Å². The summed E-state index contributed by atoms with van der Waals surface area (Å²) in [7, 11) is 0. The van der Waals surface area contributed by atoms with Gasteiger partial charge in [-0.25, -0.2) is 9.18 Å². The van der Waals surface area contributed by atoms with E-state index in [9.17, 15) is 14.3 Å². The van der Waals surface area contributed by atoms with Crippen LogP contribution in [0.15, 0.2) is 48.6 Å². The summed E-state index contributed by atoms with van der Waals surface area (Å²) in [4.78, 5) is 11.2. The molecule has 1 heterocycles. The van der Waals surface area contributed by atoms with E-state index in [-0.39, 0.29) is 29.3 Å². The molecule has 0 spiro atoms. The van der Waals surface area contributed by atoms with Crippen molar-refractivity contribution in [1.29, 1.82) is 0 Å². The highest BCUT2D eigenvalue weighted by Gasteiger charge is 2.39. The zero-order valence-electron chi connectivity index (χ0n) is 12.7. The number of fused-ring (bicyclic) bond motifs is 3. The lowest BCUT2D eigenvalue weighted by Gasteiger charge is -2.38. The van der Waals surface area contributed by atoms with Gasteiger partial charge in [-0.3, -0.25) is 0 Å². The van der Waals surface area contributed by atoms with E-state index in [1.165, 1.54) is 6.07 Å². The van der Waals surface area contributed by atoms with Crippen molar-refractivity contribution in [2.75, 3.05) is 5.32 Å². The Morgan fingerprint density at radius 1 is 1.29 bits per heavy atom. The number of halogens is 2. The zero-order valence-corrected chi connectivity index (χ0v) is 13.4. The first kappa shape index (κ1) is 15.2. The lowest BCUT2D eigenvalue weighted by molar-refractivity contribution is 0.0696. The molecule has 3 atom stereocenters. The average molecular weight is 344 g/mol. The summed E-state index contributed by atoms with van der Waals surface area (Å²) in [6.07, 6.45) is 4.95. The first-order chi connectivity index (χ1) is 11.6. The number of benzene rings is 2. The quantitative estimate of drug-likeness (QED) is 0.754. The Morgan fingerprint density at radius 2 is 2.12 bits per heavy atom. The third-order valence-corrected chi connectivity index (χ3v) is 5.25. The van der Waals surface area contributed by atoms with Gasteiger partial charge in [0.1, 0.15) is 5.82 Å². The maximum Gasteiger partial charge on any atom is 0.335 e. The van der Waals surface area contributed by atoms with Crippen LogP contribution in [0.4, 0.5) is 10.1 Å². The van der Waals surface area contributed by atoms with Gasteiger partial charge in [0.15, 0.2) is 0 Å². The third-order valence-electron chi connectivity index (χ3n) is 4.92. The molecule has 24 heavy (non-hydrogen) atoms. The second-order valence-electron chi connectivity index (χ2n) is 6.22. The van der Waals surface area contributed by atoms with E-state index < -0.39 is 5.97 Å². The molecule has 2 aromatic carbocycles. The van der Waals surface area contributed by atoms with Crippen LogP contribution in [0.25, 0.3) is 0 Å². The van der Waals surface area contributed by atoms with Crippen LogP contribution in [-0.2, 0) is 0 Å². The highest BCUT2D eigenvalue weighted by Crippen LogP contribution is 2.51. The first-order valence-electron chi connectivity index (χ1n) is 7.80. The number of hydrogen-bond donors (Lipinski definition) is 2. The summed E-state index contributed by atoms with van der Waals surface area (Å²) < 4.78 is 14.4. The molecule has 122 valence electrons. The largest absolute Gasteiger partial charge is 0.478 e. The second kappa shape index (κ2) is 5.64. The molecular formula is C19H15ClFNO2. The standard InChI is InChI=1S/C19H15ClFNO2/c20-14-5-2-6-15(21)17(14)18-12-4-1-3-11(12)13-9-10(19(23)24)7-8-16(13)22-18/h1-3,5-9,11-12,18,22H,4H2,(H,23,24)/t11-,12+,18+/m0/s1. The number of nitrogens with one attached hydrogen (secondary N) is 1. The molecule has 2 aliphatic rings. The smallest absolute Gasteiger partial charge is 0.335 e. The van der Waals surface area contributed by atoms with Crippen LogP contribution in [0.3, 0.4) is 0 Å². The number of rotatable bonds is 2.